The van der Waals surface area contributed by atoms with Gasteiger partial charge in [0.15, 0.2) is 0 Å². The first-order valence-corrected chi connectivity index (χ1v) is 4.20. The highest BCUT2D eigenvalue weighted by molar-refractivity contribution is 4.84. The zero-order chi connectivity index (χ0) is 9.78. The van der Waals surface area contributed by atoms with Crippen molar-refractivity contribution in [1.29, 1.82) is 0 Å². The van der Waals surface area contributed by atoms with E-state index < -0.39 is 0 Å². The number of nitrogens with zero attached hydrogens (tertiary/aromatic N) is 1. The van der Waals surface area contributed by atoms with Crippen LogP contribution < -0.4 is 0 Å². The second-order valence-corrected chi connectivity index (χ2v) is 4.43. The molecule has 70 valence electrons. The zero-order valence-electron chi connectivity index (χ0n) is 8.46. The van der Waals surface area contributed by atoms with Gasteiger partial charge >= 0.3 is 0 Å². The fourth-order valence-corrected chi connectivity index (χ4v) is 1.14. The molecule has 1 unspecified atom stereocenters. The Morgan fingerprint density at radius 3 is 2.33 bits per heavy atom. The third-order valence-electron chi connectivity index (χ3n) is 1.55. The molecule has 0 saturated carbocycles. The van der Waals surface area contributed by atoms with Crippen molar-refractivity contribution in [2.45, 2.75) is 33.3 Å². The lowest BCUT2D eigenvalue weighted by Gasteiger charge is -2.24. The molecule has 2 nitrogen and oxygen atoms in total. The van der Waals surface area contributed by atoms with Crippen molar-refractivity contribution in [2.75, 3.05) is 13.6 Å². The highest BCUT2D eigenvalue weighted by Crippen LogP contribution is 2.20. The van der Waals surface area contributed by atoms with Crippen LogP contribution in [-0.2, 0) is 0 Å². The monoisotopic (exact) mass is 169 g/mol. The maximum absolute atomic E-state index is 9.55. The van der Waals surface area contributed by atoms with Gasteiger partial charge in [-0.1, -0.05) is 27.2 Å². The molecule has 0 heterocycles. The van der Waals surface area contributed by atoms with Gasteiger partial charge in [-0.3, -0.25) is 0 Å². The van der Waals surface area contributed by atoms with E-state index in [1.54, 1.807) is 11.9 Å². The molecule has 1 N–H and O–H groups in total. The van der Waals surface area contributed by atoms with Crippen LogP contribution >= 0.6 is 0 Å². The second-order valence-electron chi connectivity index (χ2n) is 4.43. The van der Waals surface area contributed by atoms with E-state index in [1.807, 2.05) is 0 Å². The quantitative estimate of drug-likeness (QED) is 0.508. The molecule has 1 atom stereocenters. The summed E-state index contributed by atoms with van der Waals surface area (Å²) in [5.41, 5.74) is 0.162. The first-order valence-electron chi connectivity index (χ1n) is 4.20. The van der Waals surface area contributed by atoms with Crippen LogP contribution in [0.3, 0.4) is 0 Å². The van der Waals surface area contributed by atoms with Gasteiger partial charge < -0.3 is 10.0 Å². The van der Waals surface area contributed by atoms with Gasteiger partial charge in [-0.2, -0.15) is 0 Å². The van der Waals surface area contributed by atoms with Gasteiger partial charge in [0.2, 0.25) is 0 Å². The van der Waals surface area contributed by atoms with Crippen molar-refractivity contribution in [1.82, 2.24) is 4.90 Å². The Kier molecular flexibility index (Phi) is 4.12. The van der Waals surface area contributed by atoms with Crippen LogP contribution in [0, 0.1) is 17.9 Å². The van der Waals surface area contributed by atoms with Crippen LogP contribution in [0.1, 0.15) is 27.2 Å². The summed E-state index contributed by atoms with van der Waals surface area (Å²) < 4.78 is 0. The van der Waals surface area contributed by atoms with E-state index in [9.17, 15) is 5.11 Å². The maximum Gasteiger partial charge on any atom is 0.0727 e. The Balaban J connectivity index is 3.76. The molecule has 0 aliphatic heterocycles. The topological polar surface area (TPSA) is 23.5 Å². The van der Waals surface area contributed by atoms with E-state index >= 15 is 0 Å². The van der Waals surface area contributed by atoms with Crippen LogP contribution in [-0.4, -0.2) is 29.7 Å². The van der Waals surface area contributed by atoms with Crippen LogP contribution in [0.15, 0.2) is 0 Å². The van der Waals surface area contributed by atoms with E-state index in [0.717, 1.165) is 6.42 Å². The number of hydrogen-bond donors (Lipinski definition) is 1. The molecule has 0 aliphatic carbocycles. The second kappa shape index (κ2) is 4.37. The van der Waals surface area contributed by atoms with Gasteiger partial charge in [-0.05, 0) is 11.8 Å². The highest BCUT2D eigenvalue weighted by atomic mass is 16.3. The molecule has 12 heavy (non-hydrogen) atoms. The first kappa shape index (κ1) is 11.3. The standard InChI is InChI=1S/C10H19NO/c1-6-11(5)8-9(12)7-10(2,3)4/h1,9,12H,7-8H2,2-5H3. The smallest absolute Gasteiger partial charge is 0.0727 e. The summed E-state index contributed by atoms with van der Waals surface area (Å²) in [6.07, 6.45) is 5.60. The maximum atomic E-state index is 9.55. The number of aliphatic hydroxyl groups is 1. The van der Waals surface area contributed by atoms with Crippen molar-refractivity contribution in [3.05, 3.63) is 0 Å². The number of likely N-dealkylation sites (N-methyl/N-ethyl adjacent to an activating group) is 1. The Morgan fingerprint density at radius 1 is 1.50 bits per heavy atom. The molecular weight excluding hydrogens is 150 g/mol. The molecule has 0 rings (SSSR count). The predicted molar refractivity (Wildman–Crippen MR) is 51.5 cm³/mol. The normalized spacial score (nSPS) is 13.7. The first-order chi connectivity index (χ1) is 5.35. The fraction of sp³-hybridized carbons (Fsp3) is 0.800. The molecule has 0 aromatic carbocycles. The molecule has 0 bridgehead atoms. The van der Waals surface area contributed by atoms with Gasteiger partial charge in [0.1, 0.15) is 0 Å². The molecule has 0 aromatic rings. The van der Waals surface area contributed by atoms with E-state index in [4.69, 9.17) is 6.42 Å². The van der Waals surface area contributed by atoms with Crippen molar-refractivity contribution >= 4 is 0 Å². The molecule has 0 radical (unpaired) electrons. The summed E-state index contributed by atoms with van der Waals surface area (Å²) in [5, 5.41) is 9.55. The molecule has 0 aromatic heterocycles. The number of terminal acetylenes is 1. The summed E-state index contributed by atoms with van der Waals surface area (Å²) >= 11 is 0. The van der Waals surface area contributed by atoms with E-state index in [1.165, 1.54) is 0 Å². The summed E-state index contributed by atoms with van der Waals surface area (Å²) in [4.78, 5) is 1.66. The summed E-state index contributed by atoms with van der Waals surface area (Å²) in [7, 11) is 1.80. The van der Waals surface area contributed by atoms with Gasteiger partial charge in [0.05, 0.1) is 12.6 Å². The average molecular weight is 169 g/mol. The lowest BCUT2D eigenvalue weighted by Crippen LogP contribution is -2.29. The Hall–Kier alpha value is -0.680. The highest BCUT2D eigenvalue weighted by Gasteiger charge is 2.17. The molecule has 0 spiro atoms. The molecular formula is C10H19NO. The number of aliphatic hydroxyl groups excluding tert-OH is 1. The largest absolute Gasteiger partial charge is 0.391 e. The molecule has 0 amide bonds. The van der Waals surface area contributed by atoms with Crippen molar-refractivity contribution < 1.29 is 5.11 Å². The van der Waals surface area contributed by atoms with Gasteiger partial charge in [-0.25, -0.2) is 0 Å². The van der Waals surface area contributed by atoms with Gasteiger partial charge in [0.25, 0.3) is 0 Å². The van der Waals surface area contributed by atoms with Crippen LogP contribution in [0.4, 0.5) is 0 Å². The molecule has 2 heteroatoms. The van der Waals surface area contributed by atoms with Crippen molar-refractivity contribution in [2.24, 2.45) is 5.41 Å². The van der Waals surface area contributed by atoms with Crippen molar-refractivity contribution in [3.63, 3.8) is 0 Å². The minimum absolute atomic E-state index is 0.162. The lowest BCUT2D eigenvalue weighted by atomic mass is 9.89. The molecule has 0 saturated heterocycles. The number of hydrogen-bond acceptors (Lipinski definition) is 2. The lowest BCUT2D eigenvalue weighted by molar-refractivity contribution is 0.101. The van der Waals surface area contributed by atoms with Crippen LogP contribution in [0.5, 0.6) is 0 Å². The third kappa shape index (κ3) is 6.06. The SMILES string of the molecule is C#CN(C)CC(O)CC(C)(C)C. The number of rotatable bonds is 3. The van der Waals surface area contributed by atoms with E-state index in [-0.39, 0.29) is 11.5 Å². The molecule has 0 fully saturated rings. The Labute approximate surface area is 75.6 Å². The Bertz CT molecular complexity index is 164. The Morgan fingerprint density at radius 2 is 2.00 bits per heavy atom. The minimum atomic E-state index is -0.328. The zero-order valence-corrected chi connectivity index (χ0v) is 8.46. The van der Waals surface area contributed by atoms with Gasteiger partial charge in [0, 0.05) is 13.1 Å². The summed E-state index contributed by atoms with van der Waals surface area (Å²) in [6.45, 7) is 6.86. The third-order valence-corrected chi connectivity index (χ3v) is 1.55. The summed E-state index contributed by atoms with van der Waals surface area (Å²) in [6, 6.07) is 2.45. The van der Waals surface area contributed by atoms with Crippen LogP contribution in [0.2, 0.25) is 0 Å². The van der Waals surface area contributed by atoms with Gasteiger partial charge in [-0.15, -0.1) is 0 Å². The van der Waals surface area contributed by atoms with E-state index in [0.29, 0.717) is 6.54 Å². The van der Waals surface area contributed by atoms with Crippen LogP contribution in [0.25, 0.3) is 0 Å². The molecule has 0 aliphatic rings. The fourth-order valence-electron chi connectivity index (χ4n) is 1.14. The minimum Gasteiger partial charge on any atom is -0.391 e. The van der Waals surface area contributed by atoms with E-state index in [2.05, 4.69) is 26.8 Å². The predicted octanol–water partition coefficient (Wildman–Crippen LogP) is 1.31. The van der Waals surface area contributed by atoms with Crippen molar-refractivity contribution in [3.8, 4) is 12.5 Å². The summed E-state index contributed by atoms with van der Waals surface area (Å²) in [5.74, 6) is 0. The average Bonchev–Trinajstić information content (AvgIpc) is 1.82.